The van der Waals surface area contributed by atoms with Crippen LogP contribution in [0, 0.1) is 0 Å². The van der Waals surface area contributed by atoms with Crippen molar-refractivity contribution in [2.45, 2.75) is 17.7 Å². The van der Waals surface area contributed by atoms with Gasteiger partial charge in [0, 0.05) is 5.02 Å². The number of allylic oxidation sites excluding steroid dienone is 1. The van der Waals surface area contributed by atoms with Crippen molar-refractivity contribution in [1.82, 2.24) is 0 Å². The average Bonchev–Trinajstić information content (AvgIpc) is 2.45. The van der Waals surface area contributed by atoms with Gasteiger partial charge in [0.2, 0.25) is 0 Å². The van der Waals surface area contributed by atoms with Crippen molar-refractivity contribution in [3.8, 4) is 0 Å². The molecule has 7 heteroatoms. The van der Waals surface area contributed by atoms with E-state index in [1.54, 1.807) is 11.8 Å². The van der Waals surface area contributed by atoms with Crippen LogP contribution in [0.15, 0.2) is 30.3 Å². The maximum atomic E-state index is 13.2. The Hall–Kier alpha value is -0.690. The van der Waals surface area contributed by atoms with E-state index in [-0.39, 0.29) is 10.8 Å². The molecular weight excluding hydrogens is 325 g/mol. The zero-order valence-electron chi connectivity index (χ0n) is 11.2. The molecule has 0 aromatic heterocycles. The fraction of sp³-hybridized carbons (Fsp3) is 0.429. The van der Waals surface area contributed by atoms with Gasteiger partial charge in [-0.3, -0.25) is 0 Å². The van der Waals surface area contributed by atoms with Gasteiger partial charge in [-0.05, 0) is 30.0 Å². The summed E-state index contributed by atoms with van der Waals surface area (Å²) in [6, 6.07) is 5.50. The number of thioether (sulfide) groups is 1. The summed E-state index contributed by atoms with van der Waals surface area (Å²) in [6.45, 7) is 0.738. The zero-order valence-corrected chi connectivity index (χ0v) is 12.8. The van der Waals surface area contributed by atoms with Gasteiger partial charge in [0.25, 0.3) is 0 Å². The molecule has 0 spiro atoms. The van der Waals surface area contributed by atoms with Crippen LogP contribution in [0.25, 0.3) is 5.57 Å². The van der Waals surface area contributed by atoms with Crippen LogP contribution in [0.4, 0.5) is 13.2 Å². The van der Waals surface area contributed by atoms with Crippen molar-refractivity contribution in [2.75, 3.05) is 19.5 Å². The third-order valence-electron chi connectivity index (χ3n) is 2.99. The summed E-state index contributed by atoms with van der Waals surface area (Å²) < 4.78 is 50.2. The van der Waals surface area contributed by atoms with E-state index < -0.39 is 18.0 Å². The predicted octanol–water partition coefficient (Wildman–Crippen LogP) is 4.39. The molecule has 2 rings (SSSR count). The second-order valence-corrected chi connectivity index (χ2v) is 6.05. The molecule has 1 aliphatic rings. The molecule has 116 valence electrons. The van der Waals surface area contributed by atoms with Crippen LogP contribution in [-0.4, -0.2) is 37.2 Å². The van der Waals surface area contributed by atoms with Gasteiger partial charge >= 0.3 is 6.18 Å². The largest absolute Gasteiger partial charge is 0.416 e. The summed E-state index contributed by atoms with van der Waals surface area (Å²) in [5, 5.41) is 0.535. The molecule has 0 aliphatic carbocycles. The summed E-state index contributed by atoms with van der Waals surface area (Å²) in [5.74, 6) is 0. The maximum absolute atomic E-state index is 13.2. The lowest BCUT2D eigenvalue weighted by Crippen LogP contribution is -2.33. The number of rotatable bonds is 3. The highest BCUT2D eigenvalue weighted by Crippen LogP contribution is 2.35. The minimum absolute atomic E-state index is 0.0334. The van der Waals surface area contributed by atoms with Gasteiger partial charge in [0.15, 0.2) is 6.29 Å². The number of halogens is 4. The normalized spacial score (nSPS) is 24.1. The summed E-state index contributed by atoms with van der Waals surface area (Å²) in [7, 11) is 0. The summed E-state index contributed by atoms with van der Waals surface area (Å²) in [6.07, 6.45) is -2.60. The lowest BCUT2D eigenvalue weighted by molar-refractivity contribution is -0.147. The third-order valence-corrected chi connectivity index (χ3v) is 4.18. The van der Waals surface area contributed by atoms with Crippen molar-refractivity contribution < 1.29 is 22.6 Å². The van der Waals surface area contributed by atoms with E-state index in [0.717, 1.165) is 6.08 Å². The van der Waals surface area contributed by atoms with Gasteiger partial charge in [0.1, 0.15) is 0 Å². The molecule has 1 aliphatic heterocycles. The molecule has 0 bridgehead atoms. The van der Waals surface area contributed by atoms with Crippen LogP contribution in [-0.2, 0) is 9.47 Å². The molecule has 1 saturated heterocycles. The van der Waals surface area contributed by atoms with E-state index >= 15 is 0 Å². The third kappa shape index (κ3) is 4.64. The number of benzene rings is 1. The van der Waals surface area contributed by atoms with Crippen molar-refractivity contribution in [3.05, 3.63) is 40.9 Å². The lowest BCUT2D eigenvalue weighted by atomic mass is 10.1. The van der Waals surface area contributed by atoms with Crippen LogP contribution < -0.4 is 0 Å². The molecule has 21 heavy (non-hydrogen) atoms. The highest BCUT2D eigenvalue weighted by atomic mass is 35.5. The Balaban J connectivity index is 2.21. The number of ether oxygens (including phenoxy) is 2. The Morgan fingerprint density at radius 1 is 1.24 bits per heavy atom. The monoisotopic (exact) mass is 338 g/mol. The second kappa shape index (κ2) is 7.05. The first-order chi connectivity index (χ1) is 9.90. The van der Waals surface area contributed by atoms with Crippen LogP contribution in [0.3, 0.4) is 0 Å². The van der Waals surface area contributed by atoms with E-state index in [9.17, 15) is 13.2 Å². The van der Waals surface area contributed by atoms with E-state index in [1.807, 2.05) is 6.26 Å². The molecule has 1 aromatic carbocycles. The fourth-order valence-corrected chi connectivity index (χ4v) is 2.41. The van der Waals surface area contributed by atoms with Gasteiger partial charge in [-0.2, -0.15) is 24.9 Å². The SMILES string of the molecule is CSC1COC(/C=C(/c2ccc(Cl)cc2)C(F)(F)F)OC1. The number of hydrogen-bond acceptors (Lipinski definition) is 3. The first-order valence-electron chi connectivity index (χ1n) is 6.21. The first-order valence-corrected chi connectivity index (χ1v) is 7.87. The summed E-state index contributed by atoms with van der Waals surface area (Å²) in [4.78, 5) is 0. The van der Waals surface area contributed by atoms with Crippen molar-refractivity contribution in [2.24, 2.45) is 0 Å². The Kier molecular flexibility index (Phi) is 5.60. The van der Waals surface area contributed by atoms with E-state index in [4.69, 9.17) is 21.1 Å². The Morgan fingerprint density at radius 2 is 1.81 bits per heavy atom. The molecule has 1 aromatic rings. The molecular formula is C14H14ClF3O2S. The van der Waals surface area contributed by atoms with Gasteiger partial charge in [-0.15, -0.1) is 0 Å². The smallest absolute Gasteiger partial charge is 0.348 e. The van der Waals surface area contributed by atoms with Gasteiger partial charge < -0.3 is 9.47 Å². The van der Waals surface area contributed by atoms with Crippen molar-refractivity contribution in [3.63, 3.8) is 0 Å². The minimum Gasteiger partial charge on any atom is -0.348 e. The molecule has 0 unspecified atom stereocenters. The molecule has 0 amide bonds. The maximum Gasteiger partial charge on any atom is 0.416 e. The van der Waals surface area contributed by atoms with Crippen LogP contribution in [0.2, 0.25) is 5.02 Å². The van der Waals surface area contributed by atoms with E-state index in [0.29, 0.717) is 18.2 Å². The van der Waals surface area contributed by atoms with Gasteiger partial charge in [0.05, 0.1) is 24.0 Å². The highest BCUT2D eigenvalue weighted by molar-refractivity contribution is 7.99. The standard InChI is InChI=1S/C14H14ClF3O2S/c1-21-11-7-19-13(20-8-11)6-12(14(16,17)18)9-2-4-10(15)5-3-9/h2-6,11,13H,7-8H2,1H3/b12-6-. The fourth-order valence-electron chi connectivity index (χ4n) is 1.85. The minimum atomic E-state index is -4.49. The lowest BCUT2D eigenvalue weighted by Gasteiger charge is -2.27. The molecule has 0 saturated carbocycles. The molecule has 0 radical (unpaired) electrons. The molecule has 0 atom stereocenters. The molecule has 2 nitrogen and oxygen atoms in total. The van der Waals surface area contributed by atoms with Crippen molar-refractivity contribution >= 4 is 28.9 Å². The van der Waals surface area contributed by atoms with Gasteiger partial charge in [-0.1, -0.05) is 23.7 Å². The average molecular weight is 339 g/mol. The van der Waals surface area contributed by atoms with Gasteiger partial charge in [-0.25, -0.2) is 0 Å². The zero-order chi connectivity index (χ0) is 15.5. The molecule has 1 fully saturated rings. The highest BCUT2D eigenvalue weighted by Gasteiger charge is 2.36. The van der Waals surface area contributed by atoms with Crippen molar-refractivity contribution in [1.29, 1.82) is 0 Å². The van der Waals surface area contributed by atoms with E-state index in [2.05, 4.69) is 0 Å². The van der Waals surface area contributed by atoms with E-state index in [1.165, 1.54) is 24.3 Å². The Bertz CT molecular complexity index is 494. The summed E-state index contributed by atoms with van der Waals surface area (Å²) >= 11 is 7.26. The first kappa shape index (κ1) is 16.7. The van der Waals surface area contributed by atoms with Crippen LogP contribution in [0.1, 0.15) is 5.56 Å². The van der Waals surface area contributed by atoms with Crippen LogP contribution >= 0.6 is 23.4 Å². The quantitative estimate of drug-likeness (QED) is 0.814. The number of hydrogen-bond donors (Lipinski definition) is 0. The second-order valence-electron chi connectivity index (χ2n) is 4.48. The predicted molar refractivity (Wildman–Crippen MR) is 78.5 cm³/mol. The summed E-state index contributed by atoms with van der Waals surface area (Å²) in [5.41, 5.74) is -0.752. The van der Waals surface area contributed by atoms with Crippen LogP contribution in [0.5, 0.6) is 0 Å². The Morgan fingerprint density at radius 3 is 2.29 bits per heavy atom. The Labute approximate surface area is 130 Å². The molecule has 0 N–H and O–H groups in total. The topological polar surface area (TPSA) is 18.5 Å². The number of alkyl halides is 3. The molecule has 1 heterocycles.